The van der Waals surface area contributed by atoms with Crippen LogP contribution in [0.25, 0.3) is 0 Å². The molecule has 0 fully saturated rings. The Balaban J connectivity index is 2.79. The van der Waals surface area contributed by atoms with E-state index in [0.29, 0.717) is 12.6 Å². The van der Waals surface area contributed by atoms with Crippen LogP contribution in [0.5, 0.6) is 11.5 Å². The van der Waals surface area contributed by atoms with Crippen LogP contribution in [0, 0.1) is 0 Å². The van der Waals surface area contributed by atoms with Crippen LogP contribution in [0.4, 0.5) is 0 Å². The van der Waals surface area contributed by atoms with Crippen LogP contribution in [0.15, 0.2) is 18.2 Å². The zero-order chi connectivity index (χ0) is 13.5. The monoisotopic (exact) mass is 251 g/mol. The van der Waals surface area contributed by atoms with E-state index in [9.17, 15) is 10.2 Å². The van der Waals surface area contributed by atoms with Crippen LogP contribution in [-0.2, 0) is 6.54 Å². The molecule has 0 spiro atoms. The Morgan fingerprint density at radius 2 is 1.89 bits per heavy atom. The lowest BCUT2D eigenvalue weighted by Crippen LogP contribution is -2.33. The highest BCUT2D eigenvalue weighted by molar-refractivity contribution is 5.44. The minimum Gasteiger partial charge on any atom is -0.504 e. The van der Waals surface area contributed by atoms with Crippen LogP contribution < -0.4 is 0 Å². The summed E-state index contributed by atoms with van der Waals surface area (Å²) < 4.78 is 0. The molecule has 0 aliphatic rings. The van der Waals surface area contributed by atoms with E-state index in [1.807, 2.05) is 6.07 Å². The lowest BCUT2D eigenvalue weighted by molar-refractivity contribution is 0.188. The predicted octanol–water partition coefficient (Wildman–Crippen LogP) is 3.50. The largest absolute Gasteiger partial charge is 0.504 e. The molecule has 3 heteroatoms. The minimum absolute atomic E-state index is 0.0160. The molecule has 2 N–H and O–H groups in total. The minimum atomic E-state index is -0.0351. The number of aromatic hydroxyl groups is 2. The Hall–Kier alpha value is -1.22. The highest BCUT2D eigenvalue weighted by Crippen LogP contribution is 2.29. The van der Waals surface area contributed by atoms with Gasteiger partial charge in [0.15, 0.2) is 11.5 Å². The van der Waals surface area contributed by atoms with Gasteiger partial charge < -0.3 is 10.2 Å². The second-order valence-electron chi connectivity index (χ2n) is 4.89. The van der Waals surface area contributed by atoms with Crippen LogP contribution in [-0.4, -0.2) is 27.7 Å². The Morgan fingerprint density at radius 1 is 1.17 bits per heavy atom. The van der Waals surface area contributed by atoms with Gasteiger partial charge in [-0.05, 0) is 32.4 Å². The average Bonchev–Trinajstić information content (AvgIpc) is 2.34. The molecule has 0 saturated carbocycles. The molecule has 0 bridgehead atoms. The highest BCUT2D eigenvalue weighted by Gasteiger charge is 2.15. The van der Waals surface area contributed by atoms with Crippen molar-refractivity contribution < 1.29 is 10.2 Å². The van der Waals surface area contributed by atoms with E-state index in [4.69, 9.17) is 0 Å². The first-order chi connectivity index (χ1) is 8.60. The van der Waals surface area contributed by atoms with Crippen molar-refractivity contribution in [2.45, 2.75) is 52.6 Å². The summed E-state index contributed by atoms with van der Waals surface area (Å²) in [6.07, 6.45) is 3.40. The van der Waals surface area contributed by atoms with Crippen molar-refractivity contribution in [1.29, 1.82) is 0 Å². The van der Waals surface area contributed by atoms with Gasteiger partial charge in [0.2, 0.25) is 0 Å². The van der Waals surface area contributed by atoms with Crippen molar-refractivity contribution in [3.63, 3.8) is 0 Å². The van der Waals surface area contributed by atoms with Crippen molar-refractivity contribution >= 4 is 0 Å². The fourth-order valence-corrected chi connectivity index (χ4v) is 2.27. The molecular weight excluding hydrogens is 226 g/mol. The topological polar surface area (TPSA) is 43.7 Å². The number of rotatable bonds is 7. The molecule has 0 aromatic heterocycles. The summed E-state index contributed by atoms with van der Waals surface area (Å²) in [5.41, 5.74) is 0.798. The van der Waals surface area contributed by atoms with E-state index >= 15 is 0 Å². The van der Waals surface area contributed by atoms with E-state index in [0.717, 1.165) is 31.4 Å². The number of benzene rings is 1. The maximum absolute atomic E-state index is 9.85. The van der Waals surface area contributed by atoms with Gasteiger partial charge in [-0.2, -0.15) is 0 Å². The van der Waals surface area contributed by atoms with Crippen molar-refractivity contribution in [1.82, 2.24) is 4.90 Å². The van der Waals surface area contributed by atoms with Gasteiger partial charge in [0.05, 0.1) is 0 Å². The summed E-state index contributed by atoms with van der Waals surface area (Å²) >= 11 is 0. The number of para-hydroxylation sites is 1. The molecule has 0 radical (unpaired) electrons. The zero-order valence-corrected chi connectivity index (χ0v) is 11.7. The second-order valence-corrected chi connectivity index (χ2v) is 4.89. The molecule has 0 saturated heterocycles. The lowest BCUT2D eigenvalue weighted by Gasteiger charge is -2.29. The summed E-state index contributed by atoms with van der Waals surface area (Å²) in [5, 5.41) is 19.4. The van der Waals surface area contributed by atoms with Crippen LogP contribution in [0.2, 0.25) is 0 Å². The predicted molar refractivity (Wildman–Crippen MR) is 74.8 cm³/mol. The fraction of sp³-hybridized carbons (Fsp3) is 0.600. The molecule has 0 aliphatic carbocycles. The highest BCUT2D eigenvalue weighted by atomic mass is 16.3. The third kappa shape index (κ3) is 3.91. The summed E-state index contributed by atoms with van der Waals surface area (Å²) in [7, 11) is 0. The van der Waals surface area contributed by atoms with Crippen molar-refractivity contribution in [2.24, 2.45) is 0 Å². The van der Waals surface area contributed by atoms with Crippen molar-refractivity contribution in [2.75, 3.05) is 6.54 Å². The summed E-state index contributed by atoms with van der Waals surface area (Å²) in [6.45, 7) is 8.27. The molecule has 1 rings (SSSR count). The molecule has 1 atom stereocenters. The van der Waals surface area contributed by atoms with Gasteiger partial charge in [-0.1, -0.05) is 32.4 Å². The molecule has 0 amide bonds. The molecule has 3 nitrogen and oxygen atoms in total. The average molecular weight is 251 g/mol. The Kier molecular flexibility index (Phi) is 5.99. The maximum atomic E-state index is 9.85. The van der Waals surface area contributed by atoms with Gasteiger partial charge in [-0.3, -0.25) is 4.90 Å². The Bertz CT molecular complexity index is 366. The van der Waals surface area contributed by atoms with Crippen LogP contribution in [0.3, 0.4) is 0 Å². The molecule has 0 aliphatic heterocycles. The first-order valence-corrected chi connectivity index (χ1v) is 6.84. The third-order valence-corrected chi connectivity index (χ3v) is 3.31. The Morgan fingerprint density at radius 3 is 2.50 bits per heavy atom. The first-order valence-electron chi connectivity index (χ1n) is 6.84. The lowest BCUT2D eigenvalue weighted by atomic mass is 10.1. The van der Waals surface area contributed by atoms with E-state index in [2.05, 4.69) is 25.7 Å². The van der Waals surface area contributed by atoms with Gasteiger partial charge in [0.1, 0.15) is 0 Å². The van der Waals surface area contributed by atoms with Gasteiger partial charge in [0, 0.05) is 18.2 Å². The summed E-state index contributed by atoms with van der Waals surface area (Å²) in [5.74, 6) is -0.0191. The van der Waals surface area contributed by atoms with E-state index in [-0.39, 0.29) is 11.5 Å². The number of phenolic OH excluding ortho intramolecular Hbond substituents is 2. The maximum Gasteiger partial charge on any atom is 0.161 e. The fourth-order valence-electron chi connectivity index (χ4n) is 2.27. The summed E-state index contributed by atoms with van der Waals surface area (Å²) in [4.78, 5) is 2.36. The zero-order valence-electron chi connectivity index (χ0n) is 11.7. The number of hydrogen-bond acceptors (Lipinski definition) is 3. The van der Waals surface area contributed by atoms with Crippen LogP contribution in [0.1, 0.15) is 45.6 Å². The third-order valence-electron chi connectivity index (χ3n) is 3.31. The van der Waals surface area contributed by atoms with Gasteiger partial charge in [-0.25, -0.2) is 0 Å². The van der Waals surface area contributed by atoms with Crippen LogP contribution >= 0.6 is 0 Å². The SMILES string of the molecule is CCCC(C)N(CCC)Cc1cccc(O)c1O. The van der Waals surface area contributed by atoms with Gasteiger partial charge in [0.25, 0.3) is 0 Å². The second kappa shape index (κ2) is 7.27. The molecule has 1 aromatic rings. The van der Waals surface area contributed by atoms with Gasteiger partial charge >= 0.3 is 0 Å². The number of phenols is 2. The summed E-state index contributed by atoms with van der Waals surface area (Å²) in [6, 6.07) is 5.66. The molecule has 0 heterocycles. The Labute approximate surface area is 110 Å². The smallest absolute Gasteiger partial charge is 0.161 e. The molecule has 18 heavy (non-hydrogen) atoms. The molecule has 1 unspecified atom stereocenters. The number of hydrogen-bond donors (Lipinski definition) is 2. The standard InChI is InChI=1S/C15H25NO2/c1-4-7-12(3)16(10-5-2)11-13-8-6-9-14(17)15(13)18/h6,8-9,12,17-18H,4-5,7,10-11H2,1-3H3. The van der Waals surface area contributed by atoms with E-state index in [1.165, 1.54) is 6.07 Å². The molecule has 1 aromatic carbocycles. The molecular formula is C15H25NO2. The van der Waals surface area contributed by atoms with Crippen molar-refractivity contribution in [3.8, 4) is 11.5 Å². The molecule has 102 valence electrons. The first kappa shape index (κ1) is 14.8. The van der Waals surface area contributed by atoms with Gasteiger partial charge in [-0.15, -0.1) is 0 Å². The van der Waals surface area contributed by atoms with E-state index < -0.39 is 0 Å². The van der Waals surface area contributed by atoms with Crippen molar-refractivity contribution in [3.05, 3.63) is 23.8 Å². The number of nitrogens with zero attached hydrogens (tertiary/aromatic N) is 1. The van der Waals surface area contributed by atoms with E-state index in [1.54, 1.807) is 6.07 Å². The quantitative estimate of drug-likeness (QED) is 0.729. The normalized spacial score (nSPS) is 12.9.